The largest absolute Gasteiger partial charge is 0.462 e. The summed E-state index contributed by atoms with van der Waals surface area (Å²) in [4.78, 5) is 23.9. The number of aliphatic hydroxyl groups is 2. The maximum atomic E-state index is 12.0. The van der Waals surface area contributed by atoms with E-state index in [1.54, 1.807) is 0 Å². The van der Waals surface area contributed by atoms with Crippen LogP contribution < -0.4 is 0 Å². The van der Waals surface area contributed by atoms with Gasteiger partial charge in [-0.15, -0.1) is 0 Å². The van der Waals surface area contributed by atoms with Crippen molar-refractivity contribution >= 4 is 11.9 Å². The number of rotatable bonds is 18. The summed E-state index contributed by atoms with van der Waals surface area (Å²) in [5.41, 5.74) is -0.0394. The Morgan fingerprint density at radius 3 is 1.68 bits per heavy atom. The lowest BCUT2D eigenvalue weighted by atomic mass is 9.79. The molecule has 2 rings (SSSR count). The Kier molecular flexibility index (Phi) is 15.8. The molecule has 0 unspecified atom stereocenters. The second kappa shape index (κ2) is 18.5. The van der Waals surface area contributed by atoms with Crippen LogP contribution in [0, 0.1) is 17.8 Å². The fourth-order valence-electron chi connectivity index (χ4n) is 5.45. The van der Waals surface area contributed by atoms with Gasteiger partial charge < -0.3 is 29.2 Å². The first-order chi connectivity index (χ1) is 18.4. The van der Waals surface area contributed by atoms with Crippen molar-refractivity contribution in [3.63, 3.8) is 0 Å². The molecule has 0 amide bonds. The van der Waals surface area contributed by atoms with Gasteiger partial charge in [-0.1, -0.05) is 45.8 Å². The molecule has 0 aromatic heterocycles. The highest BCUT2D eigenvalue weighted by molar-refractivity contribution is 5.88. The van der Waals surface area contributed by atoms with Gasteiger partial charge in [0.2, 0.25) is 0 Å². The SMILES string of the molecule is C=C(CO)C(=O)OCC(COC(=O)C(=C)CO)C1CCC(OCCOC2CCC(CCCCC)CC2)CC1. The van der Waals surface area contributed by atoms with Gasteiger partial charge >= 0.3 is 11.9 Å². The highest BCUT2D eigenvalue weighted by Gasteiger charge is 2.30. The van der Waals surface area contributed by atoms with Gasteiger partial charge in [0.15, 0.2) is 0 Å². The topological polar surface area (TPSA) is 112 Å². The summed E-state index contributed by atoms with van der Waals surface area (Å²) in [5, 5.41) is 18.2. The molecule has 218 valence electrons. The Balaban J connectivity index is 1.68. The molecule has 0 atom stereocenters. The highest BCUT2D eigenvalue weighted by atomic mass is 16.5. The quantitative estimate of drug-likeness (QED) is 0.149. The van der Waals surface area contributed by atoms with Crippen molar-refractivity contribution in [3.05, 3.63) is 24.3 Å². The van der Waals surface area contributed by atoms with Crippen molar-refractivity contribution < 1.29 is 38.7 Å². The minimum Gasteiger partial charge on any atom is -0.462 e. The number of carbonyl (C=O) groups is 2. The molecule has 2 aliphatic rings. The van der Waals surface area contributed by atoms with E-state index in [9.17, 15) is 9.59 Å². The molecule has 8 nitrogen and oxygen atoms in total. The average molecular weight is 539 g/mol. The van der Waals surface area contributed by atoms with Crippen molar-refractivity contribution in [1.82, 2.24) is 0 Å². The molecule has 2 saturated carbocycles. The lowest BCUT2D eigenvalue weighted by Crippen LogP contribution is -2.33. The van der Waals surface area contributed by atoms with Crippen molar-refractivity contribution in [3.8, 4) is 0 Å². The van der Waals surface area contributed by atoms with E-state index in [1.165, 1.54) is 38.5 Å². The third kappa shape index (κ3) is 12.0. The van der Waals surface area contributed by atoms with Gasteiger partial charge in [0, 0.05) is 5.92 Å². The maximum Gasteiger partial charge on any atom is 0.335 e. The van der Waals surface area contributed by atoms with E-state index < -0.39 is 25.2 Å². The van der Waals surface area contributed by atoms with Gasteiger partial charge in [0.1, 0.15) is 0 Å². The van der Waals surface area contributed by atoms with Gasteiger partial charge in [0.25, 0.3) is 0 Å². The highest BCUT2D eigenvalue weighted by Crippen LogP contribution is 2.33. The summed E-state index contributed by atoms with van der Waals surface area (Å²) in [6.45, 7) is 9.63. The molecule has 0 radical (unpaired) electrons. The summed E-state index contributed by atoms with van der Waals surface area (Å²) in [6.07, 6.45) is 14.2. The number of carbonyl (C=O) groups excluding carboxylic acids is 2. The fraction of sp³-hybridized carbons (Fsp3) is 0.800. The lowest BCUT2D eigenvalue weighted by molar-refractivity contribution is -0.146. The molecule has 0 aromatic carbocycles. The second-order valence-electron chi connectivity index (χ2n) is 10.9. The van der Waals surface area contributed by atoms with E-state index in [0.717, 1.165) is 44.4 Å². The van der Waals surface area contributed by atoms with Crippen LogP contribution in [0.5, 0.6) is 0 Å². The van der Waals surface area contributed by atoms with E-state index in [1.807, 2.05) is 0 Å². The number of esters is 2. The molecule has 0 aromatic rings. The first-order valence-corrected chi connectivity index (χ1v) is 14.5. The monoisotopic (exact) mass is 538 g/mol. The minimum atomic E-state index is -0.661. The predicted molar refractivity (Wildman–Crippen MR) is 145 cm³/mol. The zero-order valence-corrected chi connectivity index (χ0v) is 23.4. The predicted octanol–water partition coefficient (Wildman–Crippen LogP) is 4.52. The summed E-state index contributed by atoms with van der Waals surface area (Å²) < 4.78 is 22.8. The third-order valence-corrected chi connectivity index (χ3v) is 8.00. The smallest absolute Gasteiger partial charge is 0.335 e. The second-order valence-corrected chi connectivity index (χ2v) is 10.9. The molecule has 0 aliphatic heterocycles. The standard InChI is InChI=1S/C30H50O8/c1-4-5-6-7-24-8-12-27(13-9-24)35-16-17-36-28-14-10-25(11-15-28)26(20-37-29(33)22(2)18-31)21-38-30(34)23(3)19-32/h24-28,31-32H,2-21H2,1H3. The first kappa shape index (κ1) is 32.5. The van der Waals surface area contributed by atoms with Gasteiger partial charge in [-0.2, -0.15) is 0 Å². The van der Waals surface area contributed by atoms with Crippen LogP contribution in [0.4, 0.5) is 0 Å². The van der Waals surface area contributed by atoms with Crippen LogP contribution in [0.15, 0.2) is 24.3 Å². The Bertz CT molecular complexity index is 688. The van der Waals surface area contributed by atoms with Crippen LogP contribution in [-0.2, 0) is 28.5 Å². The van der Waals surface area contributed by atoms with E-state index in [0.29, 0.717) is 19.3 Å². The zero-order valence-electron chi connectivity index (χ0n) is 23.4. The van der Waals surface area contributed by atoms with Crippen molar-refractivity contribution in [2.24, 2.45) is 17.8 Å². The molecular formula is C30H50O8. The first-order valence-electron chi connectivity index (χ1n) is 14.5. The van der Waals surface area contributed by atoms with Gasteiger partial charge in [-0.25, -0.2) is 9.59 Å². The van der Waals surface area contributed by atoms with Crippen LogP contribution in [0.1, 0.15) is 84.0 Å². The average Bonchev–Trinajstić information content (AvgIpc) is 2.95. The summed E-state index contributed by atoms with van der Waals surface area (Å²) in [5.74, 6) is -0.465. The van der Waals surface area contributed by atoms with E-state index in [2.05, 4.69) is 20.1 Å². The zero-order chi connectivity index (χ0) is 27.8. The normalized spacial score (nSPS) is 23.7. The third-order valence-electron chi connectivity index (χ3n) is 8.00. The van der Waals surface area contributed by atoms with Crippen molar-refractivity contribution in [2.45, 2.75) is 96.2 Å². The molecule has 0 heterocycles. The maximum absolute atomic E-state index is 12.0. The molecule has 2 fully saturated rings. The summed E-state index contributed by atoms with van der Waals surface area (Å²) in [6, 6.07) is 0. The Morgan fingerprint density at radius 1 is 0.763 bits per heavy atom. The summed E-state index contributed by atoms with van der Waals surface area (Å²) >= 11 is 0. The van der Waals surface area contributed by atoms with Gasteiger partial charge in [-0.05, 0) is 63.2 Å². The van der Waals surface area contributed by atoms with Crippen LogP contribution in [-0.4, -0.2) is 74.0 Å². The van der Waals surface area contributed by atoms with Gasteiger partial charge in [-0.3, -0.25) is 0 Å². The van der Waals surface area contributed by atoms with Crippen LogP contribution in [0.3, 0.4) is 0 Å². The molecule has 38 heavy (non-hydrogen) atoms. The fourth-order valence-corrected chi connectivity index (χ4v) is 5.45. The van der Waals surface area contributed by atoms with Crippen molar-refractivity contribution in [1.29, 1.82) is 0 Å². The van der Waals surface area contributed by atoms with Crippen LogP contribution >= 0.6 is 0 Å². The van der Waals surface area contributed by atoms with Crippen molar-refractivity contribution in [2.75, 3.05) is 39.6 Å². The number of aliphatic hydroxyl groups excluding tert-OH is 2. The van der Waals surface area contributed by atoms with E-state index in [4.69, 9.17) is 29.2 Å². The Labute approximate surface area is 228 Å². The molecule has 0 saturated heterocycles. The Hall–Kier alpha value is -1.74. The molecule has 8 heteroatoms. The number of unbranched alkanes of at least 4 members (excludes halogenated alkanes) is 2. The van der Waals surface area contributed by atoms with E-state index in [-0.39, 0.29) is 42.3 Å². The lowest BCUT2D eigenvalue weighted by Gasteiger charge is -2.33. The number of hydrogen-bond donors (Lipinski definition) is 2. The summed E-state index contributed by atoms with van der Waals surface area (Å²) in [7, 11) is 0. The van der Waals surface area contributed by atoms with Crippen LogP contribution in [0.25, 0.3) is 0 Å². The minimum absolute atomic E-state index is 0.0197. The molecular weight excluding hydrogens is 488 g/mol. The number of hydrogen-bond acceptors (Lipinski definition) is 8. The van der Waals surface area contributed by atoms with E-state index >= 15 is 0 Å². The molecule has 0 bridgehead atoms. The molecule has 2 N–H and O–H groups in total. The van der Waals surface area contributed by atoms with Crippen LogP contribution in [0.2, 0.25) is 0 Å². The number of ether oxygens (including phenoxy) is 4. The van der Waals surface area contributed by atoms with Gasteiger partial charge in [0.05, 0.1) is 63.0 Å². The Morgan fingerprint density at radius 2 is 1.24 bits per heavy atom. The molecule has 2 aliphatic carbocycles. The molecule has 0 spiro atoms.